The van der Waals surface area contributed by atoms with Crippen molar-refractivity contribution in [2.24, 2.45) is 0 Å². The molecule has 0 aliphatic carbocycles. The van der Waals surface area contributed by atoms with Gasteiger partial charge in [0.25, 0.3) is 5.91 Å². The van der Waals surface area contributed by atoms with Crippen LogP contribution in [0, 0.1) is 6.92 Å². The van der Waals surface area contributed by atoms with E-state index >= 15 is 0 Å². The fourth-order valence-electron chi connectivity index (χ4n) is 1.47. The Kier molecular flexibility index (Phi) is 5.29. The molecular formula is C13H17Cl2NO. The number of amides is 1. The van der Waals surface area contributed by atoms with Gasteiger partial charge < -0.3 is 4.90 Å². The summed E-state index contributed by atoms with van der Waals surface area (Å²) in [5.41, 5.74) is 1.58. The summed E-state index contributed by atoms with van der Waals surface area (Å²) in [6.45, 7) is 4.47. The Balaban J connectivity index is 2.71. The van der Waals surface area contributed by atoms with Crippen LogP contribution in [-0.4, -0.2) is 29.8 Å². The van der Waals surface area contributed by atoms with Crippen LogP contribution >= 0.6 is 23.2 Å². The topological polar surface area (TPSA) is 20.3 Å². The average Bonchev–Trinajstić information content (AvgIpc) is 2.28. The fraction of sp³-hybridized carbons (Fsp3) is 0.462. The molecule has 1 aromatic rings. The minimum atomic E-state index is 0.00193. The zero-order chi connectivity index (χ0) is 13.0. The Morgan fingerprint density at radius 2 is 2.12 bits per heavy atom. The quantitative estimate of drug-likeness (QED) is 0.766. The summed E-state index contributed by atoms with van der Waals surface area (Å²) < 4.78 is 0. The van der Waals surface area contributed by atoms with Crippen molar-refractivity contribution in [1.82, 2.24) is 4.90 Å². The van der Waals surface area contributed by atoms with E-state index in [1.54, 1.807) is 24.1 Å². The van der Waals surface area contributed by atoms with Gasteiger partial charge in [-0.05, 0) is 44.0 Å². The standard InChI is InChI=1S/C13H17Cl2NO/c1-9-8-11(4-5-12(9)15)13(17)16(3)7-6-10(2)14/h4-5,8,10H,6-7H2,1-3H3. The fourth-order valence-corrected chi connectivity index (χ4v) is 1.69. The number of carbonyl (C=O) groups excluding carboxylic acids is 1. The molecule has 0 aliphatic rings. The van der Waals surface area contributed by atoms with E-state index in [9.17, 15) is 4.79 Å². The van der Waals surface area contributed by atoms with Gasteiger partial charge in [-0.3, -0.25) is 4.79 Å². The predicted molar refractivity (Wildman–Crippen MR) is 73.1 cm³/mol. The number of rotatable bonds is 4. The van der Waals surface area contributed by atoms with Gasteiger partial charge in [-0.2, -0.15) is 0 Å². The van der Waals surface area contributed by atoms with Crippen LogP contribution in [0.2, 0.25) is 5.02 Å². The summed E-state index contributed by atoms with van der Waals surface area (Å²) in [4.78, 5) is 13.7. The van der Waals surface area contributed by atoms with Crippen LogP contribution in [0.5, 0.6) is 0 Å². The van der Waals surface area contributed by atoms with Gasteiger partial charge in [0.1, 0.15) is 0 Å². The highest BCUT2D eigenvalue weighted by Gasteiger charge is 2.12. The Bertz CT molecular complexity index is 404. The molecule has 0 spiro atoms. The molecule has 0 heterocycles. The molecule has 1 aromatic carbocycles. The first-order chi connectivity index (χ1) is 7.91. The van der Waals surface area contributed by atoms with Crippen LogP contribution in [0.3, 0.4) is 0 Å². The third-order valence-electron chi connectivity index (χ3n) is 2.61. The Labute approximate surface area is 113 Å². The van der Waals surface area contributed by atoms with Gasteiger partial charge in [0.15, 0.2) is 0 Å². The lowest BCUT2D eigenvalue weighted by Crippen LogP contribution is -2.28. The number of nitrogens with zero attached hydrogens (tertiary/aromatic N) is 1. The average molecular weight is 274 g/mol. The summed E-state index contributed by atoms with van der Waals surface area (Å²) in [6.07, 6.45) is 0.788. The van der Waals surface area contributed by atoms with Crippen LogP contribution in [0.25, 0.3) is 0 Å². The lowest BCUT2D eigenvalue weighted by molar-refractivity contribution is 0.0793. The van der Waals surface area contributed by atoms with Crippen LogP contribution in [0.4, 0.5) is 0 Å². The molecule has 0 fully saturated rings. The third-order valence-corrected chi connectivity index (χ3v) is 3.26. The first-order valence-corrected chi connectivity index (χ1v) is 6.39. The van der Waals surface area contributed by atoms with Crippen LogP contribution in [0.15, 0.2) is 18.2 Å². The monoisotopic (exact) mass is 273 g/mol. The molecule has 17 heavy (non-hydrogen) atoms. The molecule has 0 N–H and O–H groups in total. The number of alkyl halides is 1. The van der Waals surface area contributed by atoms with Crippen LogP contribution in [-0.2, 0) is 0 Å². The maximum Gasteiger partial charge on any atom is 0.253 e. The zero-order valence-electron chi connectivity index (χ0n) is 10.3. The predicted octanol–water partition coefficient (Wildman–Crippen LogP) is 3.74. The van der Waals surface area contributed by atoms with Crippen molar-refractivity contribution >= 4 is 29.1 Å². The van der Waals surface area contributed by atoms with Gasteiger partial charge in [0, 0.05) is 29.6 Å². The number of hydrogen-bond donors (Lipinski definition) is 0. The van der Waals surface area contributed by atoms with Crippen molar-refractivity contribution in [3.05, 3.63) is 34.3 Å². The highest BCUT2D eigenvalue weighted by Crippen LogP contribution is 2.17. The van der Waals surface area contributed by atoms with Crippen molar-refractivity contribution in [3.8, 4) is 0 Å². The van der Waals surface area contributed by atoms with Crippen molar-refractivity contribution in [2.75, 3.05) is 13.6 Å². The van der Waals surface area contributed by atoms with Gasteiger partial charge in [-0.15, -0.1) is 11.6 Å². The van der Waals surface area contributed by atoms with Crippen molar-refractivity contribution in [3.63, 3.8) is 0 Å². The molecule has 0 saturated heterocycles. The van der Waals surface area contributed by atoms with E-state index in [4.69, 9.17) is 23.2 Å². The summed E-state index contributed by atoms with van der Waals surface area (Å²) in [5, 5.41) is 0.760. The number of aryl methyl sites for hydroxylation is 1. The second-order valence-electron chi connectivity index (χ2n) is 4.26. The van der Waals surface area contributed by atoms with E-state index < -0.39 is 0 Å². The Morgan fingerprint density at radius 3 is 2.65 bits per heavy atom. The largest absolute Gasteiger partial charge is 0.342 e. The van der Waals surface area contributed by atoms with Gasteiger partial charge in [0.2, 0.25) is 0 Å². The Hall–Kier alpha value is -0.730. The third kappa shape index (κ3) is 4.21. The SMILES string of the molecule is Cc1cc(C(=O)N(C)CCC(C)Cl)ccc1Cl. The number of hydrogen-bond acceptors (Lipinski definition) is 1. The molecule has 0 aliphatic heterocycles. The molecule has 94 valence electrons. The highest BCUT2D eigenvalue weighted by molar-refractivity contribution is 6.31. The molecule has 2 nitrogen and oxygen atoms in total. The molecule has 1 atom stereocenters. The smallest absolute Gasteiger partial charge is 0.253 e. The van der Waals surface area contributed by atoms with E-state index in [-0.39, 0.29) is 11.3 Å². The summed E-state index contributed by atoms with van der Waals surface area (Å²) in [5.74, 6) is 0.00193. The first-order valence-electron chi connectivity index (χ1n) is 5.57. The molecule has 4 heteroatoms. The number of benzene rings is 1. The second-order valence-corrected chi connectivity index (χ2v) is 5.41. The zero-order valence-corrected chi connectivity index (χ0v) is 11.8. The van der Waals surface area contributed by atoms with Crippen LogP contribution < -0.4 is 0 Å². The van der Waals surface area contributed by atoms with Crippen molar-refractivity contribution in [2.45, 2.75) is 25.6 Å². The first kappa shape index (κ1) is 14.3. The van der Waals surface area contributed by atoms with Crippen LogP contribution in [0.1, 0.15) is 29.3 Å². The lowest BCUT2D eigenvalue weighted by atomic mass is 10.1. The Morgan fingerprint density at radius 1 is 1.47 bits per heavy atom. The molecule has 1 amide bonds. The number of carbonyl (C=O) groups is 1. The molecule has 0 saturated carbocycles. The molecule has 0 aromatic heterocycles. The van der Waals surface area contributed by atoms with E-state index in [0.29, 0.717) is 17.1 Å². The van der Waals surface area contributed by atoms with Crippen molar-refractivity contribution < 1.29 is 4.79 Å². The molecule has 1 rings (SSSR count). The van der Waals surface area contributed by atoms with E-state index in [1.165, 1.54) is 0 Å². The summed E-state index contributed by atoms with van der Waals surface area (Å²) >= 11 is 11.8. The van der Waals surface area contributed by atoms with Gasteiger partial charge in [-0.25, -0.2) is 0 Å². The minimum absolute atomic E-state index is 0.00193. The normalized spacial score (nSPS) is 12.3. The molecule has 0 radical (unpaired) electrons. The second kappa shape index (κ2) is 6.27. The van der Waals surface area contributed by atoms with Gasteiger partial charge in [-0.1, -0.05) is 11.6 Å². The van der Waals surface area contributed by atoms with Gasteiger partial charge in [0.05, 0.1) is 0 Å². The van der Waals surface area contributed by atoms with E-state index in [0.717, 1.165) is 12.0 Å². The summed E-state index contributed by atoms with van der Waals surface area (Å²) in [7, 11) is 1.78. The van der Waals surface area contributed by atoms with Gasteiger partial charge >= 0.3 is 0 Å². The molecule has 0 bridgehead atoms. The minimum Gasteiger partial charge on any atom is -0.342 e. The van der Waals surface area contributed by atoms with Crippen molar-refractivity contribution in [1.29, 1.82) is 0 Å². The maximum absolute atomic E-state index is 12.1. The highest BCUT2D eigenvalue weighted by atomic mass is 35.5. The maximum atomic E-state index is 12.1. The lowest BCUT2D eigenvalue weighted by Gasteiger charge is -2.18. The summed E-state index contributed by atoms with van der Waals surface area (Å²) in [6, 6.07) is 5.31. The number of halogens is 2. The van der Waals surface area contributed by atoms with E-state index in [2.05, 4.69) is 0 Å². The molecule has 1 unspecified atom stereocenters. The van der Waals surface area contributed by atoms with E-state index in [1.807, 2.05) is 19.9 Å². The molecular weight excluding hydrogens is 257 g/mol.